The Kier molecular flexibility index (Phi) is 8.44. The predicted octanol–water partition coefficient (Wildman–Crippen LogP) is 6.32. The molecular weight excluding hydrogens is 545 g/mol. The zero-order valence-corrected chi connectivity index (χ0v) is 23.7. The maximum Gasteiger partial charge on any atom is 0.416 e. The number of likely N-dealkylation sites (tertiary alicyclic amines) is 1. The average molecular weight is 579 g/mol. The van der Waals surface area contributed by atoms with E-state index in [-0.39, 0.29) is 5.56 Å². The van der Waals surface area contributed by atoms with Crippen molar-refractivity contribution in [2.24, 2.45) is 0 Å². The molecule has 0 atom stereocenters. The molecule has 1 saturated heterocycles. The van der Waals surface area contributed by atoms with Crippen LogP contribution in [0.25, 0.3) is 5.82 Å². The summed E-state index contributed by atoms with van der Waals surface area (Å²) in [4.78, 5) is 23.8. The van der Waals surface area contributed by atoms with E-state index < -0.39 is 17.6 Å². The molecule has 2 aromatic heterocycles. The van der Waals surface area contributed by atoms with Crippen molar-refractivity contribution in [1.82, 2.24) is 24.6 Å². The van der Waals surface area contributed by atoms with Gasteiger partial charge in [0.25, 0.3) is 5.91 Å². The number of carbonyl (C=O) groups is 1. The highest BCUT2D eigenvalue weighted by atomic mass is 19.4. The Morgan fingerprint density at radius 2 is 1.76 bits per heavy atom. The third-order valence-electron chi connectivity index (χ3n) is 7.15. The quantitative estimate of drug-likeness (QED) is 0.225. The molecule has 0 unspecified atom stereocenters. The summed E-state index contributed by atoms with van der Waals surface area (Å²) >= 11 is 0. The van der Waals surface area contributed by atoms with Gasteiger partial charge in [-0.25, -0.2) is 9.97 Å². The highest BCUT2D eigenvalue weighted by molar-refractivity contribution is 6.04. The lowest BCUT2D eigenvalue weighted by atomic mass is 10.0. The number of piperidine rings is 1. The molecule has 1 fully saturated rings. The molecule has 0 saturated carbocycles. The zero-order valence-electron chi connectivity index (χ0n) is 23.7. The van der Waals surface area contributed by atoms with Gasteiger partial charge in [-0.3, -0.25) is 9.69 Å². The van der Waals surface area contributed by atoms with Crippen LogP contribution in [0.3, 0.4) is 0 Å². The zero-order chi connectivity index (χ0) is 29.9. The molecule has 12 heteroatoms. The number of aryl methyl sites for hydroxylation is 2. The van der Waals surface area contributed by atoms with Gasteiger partial charge in [0.15, 0.2) is 5.82 Å². The second kappa shape index (κ2) is 12.2. The van der Waals surface area contributed by atoms with Gasteiger partial charge in [0.05, 0.1) is 11.3 Å². The normalized spacial score (nSPS) is 14.0. The number of alkyl halides is 3. The Labute approximate surface area is 242 Å². The minimum absolute atomic E-state index is 0.0373. The fraction of sp³-hybridized carbons (Fsp3) is 0.333. The standard InChI is InChI=1S/C30H33F3N8O/c1-19-7-8-24(15-25(19)38-28-11-20(2)39-41(28)27-16-26(34-3)35-18-36-27)37-29(42)22-12-21(13-23(14-22)30(31,32)33)17-40-9-5-4-6-10-40/h7-8,11-16,18,38H,4-6,9-10,17H2,1-3H3,(H,37,42)(H,34,35,36). The van der Waals surface area contributed by atoms with Crippen LogP contribution in [0.4, 0.5) is 36.2 Å². The van der Waals surface area contributed by atoms with Crippen LogP contribution in [0.15, 0.2) is 54.9 Å². The molecule has 4 aromatic rings. The van der Waals surface area contributed by atoms with Gasteiger partial charge >= 0.3 is 6.18 Å². The number of aromatic nitrogens is 4. The molecular formula is C30H33F3N8O. The molecule has 42 heavy (non-hydrogen) atoms. The Bertz CT molecular complexity index is 1580. The Morgan fingerprint density at radius 1 is 0.976 bits per heavy atom. The summed E-state index contributed by atoms with van der Waals surface area (Å²) in [5.41, 5.74) is 2.37. The minimum atomic E-state index is -4.56. The van der Waals surface area contributed by atoms with E-state index in [1.54, 1.807) is 36.0 Å². The van der Waals surface area contributed by atoms with Crippen molar-refractivity contribution in [1.29, 1.82) is 0 Å². The molecule has 3 N–H and O–H groups in total. The number of halogens is 3. The number of anilines is 4. The highest BCUT2D eigenvalue weighted by Crippen LogP contribution is 2.32. The van der Waals surface area contributed by atoms with Crippen LogP contribution in [0, 0.1) is 13.8 Å². The average Bonchev–Trinajstić information content (AvgIpc) is 3.34. The SMILES string of the molecule is CNc1cc(-n2nc(C)cc2Nc2cc(NC(=O)c3cc(CN4CCCCC4)cc(C(F)(F)F)c3)ccc2C)ncn1. The van der Waals surface area contributed by atoms with Gasteiger partial charge in [0, 0.05) is 42.7 Å². The number of nitrogens with zero attached hydrogens (tertiary/aromatic N) is 5. The van der Waals surface area contributed by atoms with Crippen LogP contribution in [-0.2, 0) is 12.7 Å². The summed E-state index contributed by atoms with van der Waals surface area (Å²) in [6, 6.07) is 12.5. The number of nitrogens with one attached hydrogen (secondary N) is 3. The van der Waals surface area contributed by atoms with Crippen LogP contribution in [-0.4, -0.2) is 50.7 Å². The molecule has 0 spiro atoms. The molecule has 1 aliphatic rings. The lowest BCUT2D eigenvalue weighted by Gasteiger charge is -2.27. The first-order chi connectivity index (χ1) is 20.1. The summed E-state index contributed by atoms with van der Waals surface area (Å²) in [5.74, 6) is 1.21. The number of amides is 1. The molecule has 1 aliphatic heterocycles. The van der Waals surface area contributed by atoms with Gasteiger partial charge in [-0.1, -0.05) is 12.5 Å². The van der Waals surface area contributed by atoms with Gasteiger partial charge in [-0.2, -0.15) is 23.0 Å². The van der Waals surface area contributed by atoms with E-state index >= 15 is 0 Å². The molecule has 0 radical (unpaired) electrons. The number of rotatable bonds is 8. The smallest absolute Gasteiger partial charge is 0.373 e. The van der Waals surface area contributed by atoms with Crippen molar-refractivity contribution in [2.75, 3.05) is 36.1 Å². The van der Waals surface area contributed by atoms with E-state index in [9.17, 15) is 18.0 Å². The van der Waals surface area contributed by atoms with E-state index in [1.807, 2.05) is 26.0 Å². The second-order valence-electron chi connectivity index (χ2n) is 10.5. The van der Waals surface area contributed by atoms with Crippen molar-refractivity contribution in [3.8, 4) is 5.82 Å². The molecule has 1 amide bonds. The van der Waals surface area contributed by atoms with Crippen LogP contribution >= 0.6 is 0 Å². The van der Waals surface area contributed by atoms with Gasteiger partial charge in [-0.15, -0.1) is 0 Å². The van der Waals surface area contributed by atoms with Crippen LogP contribution in [0.1, 0.15) is 52.0 Å². The number of hydrogen-bond donors (Lipinski definition) is 3. The third-order valence-corrected chi connectivity index (χ3v) is 7.15. The van der Waals surface area contributed by atoms with Gasteiger partial charge < -0.3 is 16.0 Å². The van der Waals surface area contributed by atoms with Crippen LogP contribution in [0.5, 0.6) is 0 Å². The van der Waals surface area contributed by atoms with E-state index in [0.717, 1.165) is 55.7 Å². The topological polar surface area (TPSA) is 100 Å². The van der Waals surface area contributed by atoms with E-state index in [4.69, 9.17) is 0 Å². The largest absolute Gasteiger partial charge is 0.416 e. The second-order valence-corrected chi connectivity index (χ2v) is 10.5. The minimum Gasteiger partial charge on any atom is -0.373 e. The monoisotopic (exact) mass is 578 g/mol. The Balaban J connectivity index is 1.39. The molecule has 3 heterocycles. The number of benzene rings is 2. The van der Waals surface area contributed by atoms with Crippen molar-refractivity contribution in [2.45, 2.75) is 45.8 Å². The van der Waals surface area contributed by atoms with Crippen molar-refractivity contribution < 1.29 is 18.0 Å². The van der Waals surface area contributed by atoms with E-state index in [2.05, 4.69) is 35.9 Å². The molecule has 5 rings (SSSR count). The van der Waals surface area contributed by atoms with E-state index in [1.165, 1.54) is 6.33 Å². The van der Waals surface area contributed by atoms with Gasteiger partial charge in [0.1, 0.15) is 18.0 Å². The maximum absolute atomic E-state index is 13.7. The number of carbonyl (C=O) groups excluding carboxylic acids is 1. The molecule has 0 bridgehead atoms. The fourth-order valence-electron chi connectivity index (χ4n) is 4.99. The summed E-state index contributed by atoms with van der Waals surface area (Å²) in [7, 11) is 1.76. The fourth-order valence-corrected chi connectivity index (χ4v) is 4.99. The van der Waals surface area contributed by atoms with Crippen molar-refractivity contribution >= 4 is 28.9 Å². The Hall–Kier alpha value is -4.45. The van der Waals surface area contributed by atoms with Crippen molar-refractivity contribution in [3.05, 3.63) is 82.8 Å². The summed E-state index contributed by atoms with van der Waals surface area (Å²) < 4.78 is 42.9. The first-order valence-corrected chi connectivity index (χ1v) is 13.8. The molecule has 220 valence electrons. The third kappa shape index (κ3) is 6.88. The van der Waals surface area contributed by atoms with Crippen LogP contribution in [0.2, 0.25) is 0 Å². The molecule has 9 nitrogen and oxygen atoms in total. The lowest BCUT2D eigenvalue weighted by Crippen LogP contribution is -2.29. The highest BCUT2D eigenvalue weighted by Gasteiger charge is 2.32. The van der Waals surface area contributed by atoms with E-state index in [0.29, 0.717) is 40.9 Å². The molecule has 0 aliphatic carbocycles. The summed E-state index contributed by atoms with van der Waals surface area (Å²) in [6.07, 6.45) is 0.0423. The predicted molar refractivity (Wildman–Crippen MR) is 156 cm³/mol. The lowest BCUT2D eigenvalue weighted by molar-refractivity contribution is -0.137. The van der Waals surface area contributed by atoms with Crippen molar-refractivity contribution in [3.63, 3.8) is 0 Å². The maximum atomic E-state index is 13.7. The van der Waals surface area contributed by atoms with Crippen LogP contribution < -0.4 is 16.0 Å². The van der Waals surface area contributed by atoms with Gasteiger partial charge in [0.2, 0.25) is 0 Å². The molecule has 2 aromatic carbocycles. The first-order valence-electron chi connectivity index (χ1n) is 13.8. The Morgan fingerprint density at radius 3 is 2.50 bits per heavy atom. The number of hydrogen-bond acceptors (Lipinski definition) is 7. The first kappa shape index (κ1) is 29.1. The van der Waals surface area contributed by atoms with Gasteiger partial charge in [-0.05, 0) is 81.2 Å². The summed E-state index contributed by atoms with van der Waals surface area (Å²) in [6.45, 7) is 5.81. The summed E-state index contributed by atoms with van der Waals surface area (Å²) in [5, 5.41) is 13.6.